The molecular weight excluding hydrogens is 248 g/mol. The third-order valence-corrected chi connectivity index (χ3v) is 3.44. The van der Waals surface area contributed by atoms with Gasteiger partial charge in [0.1, 0.15) is 0 Å². The highest BCUT2D eigenvalue weighted by molar-refractivity contribution is 8.13. The topological polar surface area (TPSA) is 43.4 Å². The molecule has 4 heteroatoms. The molecule has 0 bridgehead atoms. The van der Waals surface area contributed by atoms with Crippen molar-refractivity contribution in [2.24, 2.45) is 0 Å². The van der Waals surface area contributed by atoms with Gasteiger partial charge in [0.15, 0.2) is 5.12 Å². The molecular formula is C14H18O3S. The number of hydrogen-bond donors (Lipinski definition) is 0. The van der Waals surface area contributed by atoms with Crippen molar-refractivity contribution in [3.8, 4) is 0 Å². The molecule has 0 aliphatic carbocycles. The summed E-state index contributed by atoms with van der Waals surface area (Å²) >= 11 is 1.10. The zero-order chi connectivity index (χ0) is 13.4. The smallest absolute Gasteiger partial charge is 0.339 e. The molecule has 0 spiro atoms. The van der Waals surface area contributed by atoms with Crippen LogP contribution in [0.15, 0.2) is 29.2 Å². The van der Waals surface area contributed by atoms with Crippen molar-refractivity contribution in [1.82, 2.24) is 0 Å². The average molecular weight is 266 g/mol. The van der Waals surface area contributed by atoms with Crippen LogP contribution in [0.5, 0.6) is 0 Å². The lowest BCUT2D eigenvalue weighted by Gasteiger charge is -2.08. The summed E-state index contributed by atoms with van der Waals surface area (Å²) < 4.78 is 5.16. The van der Waals surface area contributed by atoms with Crippen LogP contribution in [0.3, 0.4) is 0 Å². The molecule has 0 saturated heterocycles. The Labute approximate surface area is 112 Å². The van der Waals surface area contributed by atoms with Crippen molar-refractivity contribution >= 4 is 22.8 Å². The SMILES string of the molecule is CCCCOC(=O)c1ccccc1SC(=O)CC. The number of rotatable bonds is 6. The van der Waals surface area contributed by atoms with Gasteiger partial charge in [-0.25, -0.2) is 4.79 Å². The van der Waals surface area contributed by atoms with E-state index in [-0.39, 0.29) is 11.1 Å². The number of ether oxygens (including phenoxy) is 1. The van der Waals surface area contributed by atoms with Gasteiger partial charge in [-0.05, 0) is 18.6 Å². The summed E-state index contributed by atoms with van der Waals surface area (Å²) in [4.78, 5) is 24.0. The van der Waals surface area contributed by atoms with Crippen LogP contribution in [0, 0.1) is 0 Å². The van der Waals surface area contributed by atoms with Gasteiger partial charge >= 0.3 is 5.97 Å². The van der Waals surface area contributed by atoms with E-state index in [1.807, 2.05) is 13.0 Å². The molecule has 18 heavy (non-hydrogen) atoms. The van der Waals surface area contributed by atoms with Gasteiger partial charge in [-0.15, -0.1) is 0 Å². The predicted octanol–water partition coefficient (Wildman–Crippen LogP) is 3.67. The van der Waals surface area contributed by atoms with Crippen LogP contribution in [-0.4, -0.2) is 17.7 Å². The van der Waals surface area contributed by atoms with Crippen LogP contribution in [0.4, 0.5) is 0 Å². The first kappa shape index (κ1) is 14.8. The second-order valence-corrected chi connectivity index (χ2v) is 4.91. The lowest BCUT2D eigenvalue weighted by Crippen LogP contribution is -2.08. The number of benzene rings is 1. The summed E-state index contributed by atoms with van der Waals surface area (Å²) in [5.74, 6) is -0.351. The Hall–Kier alpha value is -1.29. The van der Waals surface area contributed by atoms with Crippen molar-refractivity contribution in [2.75, 3.05) is 6.61 Å². The van der Waals surface area contributed by atoms with Crippen molar-refractivity contribution in [3.63, 3.8) is 0 Å². The van der Waals surface area contributed by atoms with Gasteiger partial charge in [-0.2, -0.15) is 0 Å². The molecule has 1 aromatic carbocycles. The molecule has 0 aliphatic rings. The molecule has 1 aromatic rings. The number of carbonyl (C=O) groups excluding carboxylic acids is 2. The van der Waals surface area contributed by atoms with Crippen molar-refractivity contribution in [1.29, 1.82) is 0 Å². The molecule has 1 rings (SSSR count). The lowest BCUT2D eigenvalue weighted by atomic mass is 10.2. The van der Waals surface area contributed by atoms with Crippen LogP contribution >= 0.6 is 11.8 Å². The fourth-order valence-electron chi connectivity index (χ4n) is 1.31. The molecule has 0 heterocycles. The van der Waals surface area contributed by atoms with Crippen molar-refractivity contribution in [2.45, 2.75) is 38.0 Å². The maximum atomic E-state index is 11.9. The third kappa shape index (κ3) is 4.53. The predicted molar refractivity (Wildman–Crippen MR) is 72.8 cm³/mol. The van der Waals surface area contributed by atoms with Crippen LogP contribution in [-0.2, 0) is 9.53 Å². The van der Waals surface area contributed by atoms with Crippen LogP contribution in [0.2, 0.25) is 0 Å². The van der Waals surface area contributed by atoms with Crippen LogP contribution in [0.1, 0.15) is 43.5 Å². The maximum Gasteiger partial charge on any atom is 0.339 e. The second kappa shape index (κ2) is 7.93. The van der Waals surface area contributed by atoms with E-state index in [0.717, 1.165) is 24.6 Å². The van der Waals surface area contributed by atoms with Gasteiger partial charge < -0.3 is 4.74 Å². The van der Waals surface area contributed by atoms with Gasteiger partial charge in [0.05, 0.1) is 12.2 Å². The quantitative estimate of drug-likeness (QED) is 0.447. The van der Waals surface area contributed by atoms with Gasteiger partial charge in [0.25, 0.3) is 0 Å². The van der Waals surface area contributed by atoms with E-state index in [2.05, 4.69) is 0 Å². The highest BCUT2D eigenvalue weighted by Gasteiger charge is 2.14. The largest absolute Gasteiger partial charge is 0.462 e. The lowest BCUT2D eigenvalue weighted by molar-refractivity contribution is -0.110. The fourth-order valence-corrected chi connectivity index (χ4v) is 2.10. The molecule has 0 aliphatic heterocycles. The second-order valence-electron chi connectivity index (χ2n) is 3.81. The Kier molecular flexibility index (Phi) is 6.50. The molecule has 98 valence electrons. The summed E-state index contributed by atoms with van der Waals surface area (Å²) in [5, 5.41) is 0.0452. The average Bonchev–Trinajstić information content (AvgIpc) is 2.39. The van der Waals surface area contributed by atoms with E-state index >= 15 is 0 Å². The maximum absolute atomic E-state index is 11.9. The number of thioether (sulfide) groups is 1. The summed E-state index contributed by atoms with van der Waals surface area (Å²) in [6.45, 7) is 4.27. The monoisotopic (exact) mass is 266 g/mol. The summed E-state index contributed by atoms with van der Waals surface area (Å²) in [6.07, 6.45) is 2.29. The number of hydrogen-bond acceptors (Lipinski definition) is 4. The highest BCUT2D eigenvalue weighted by Crippen LogP contribution is 2.24. The standard InChI is InChI=1S/C14H18O3S/c1-3-5-10-17-14(16)11-8-6-7-9-12(11)18-13(15)4-2/h6-9H,3-5,10H2,1-2H3. The molecule has 0 atom stereocenters. The summed E-state index contributed by atoms with van der Waals surface area (Å²) in [6, 6.07) is 7.05. The van der Waals surface area contributed by atoms with Gasteiger partial charge in [-0.3, -0.25) is 4.79 Å². The van der Waals surface area contributed by atoms with Gasteiger partial charge in [-0.1, -0.05) is 44.2 Å². The zero-order valence-electron chi connectivity index (χ0n) is 10.8. The molecule has 0 saturated carbocycles. The minimum absolute atomic E-state index is 0.0452. The Balaban J connectivity index is 2.74. The Morgan fingerprint density at radius 2 is 1.94 bits per heavy atom. The first-order valence-electron chi connectivity index (χ1n) is 6.15. The van der Waals surface area contributed by atoms with Gasteiger partial charge in [0.2, 0.25) is 0 Å². The molecule has 0 amide bonds. The molecule has 0 N–H and O–H groups in total. The molecule has 0 unspecified atom stereocenters. The van der Waals surface area contributed by atoms with Crippen LogP contribution in [0.25, 0.3) is 0 Å². The summed E-state index contributed by atoms with van der Waals surface area (Å²) in [7, 11) is 0. The van der Waals surface area contributed by atoms with E-state index in [1.54, 1.807) is 25.1 Å². The van der Waals surface area contributed by atoms with Gasteiger partial charge in [0, 0.05) is 11.3 Å². The normalized spacial score (nSPS) is 10.1. The fraction of sp³-hybridized carbons (Fsp3) is 0.429. The minimum Gasteiger partial charge on any atom is -0.462 e. The third-order valence-electron chi connectivity index (χ3n) is 2.35. The Morgan fingerprint density at radius 3 is 2.61 bits per heavy atom. The Morgan fingerprint density at radius 1 is 1.22 bits per heavy atom. The first-order valence-corrected chi connectivity index (χ1v) is 6.97. The van der Waals surface area contributed by atoms with Crippen molar-refractivity contribution in [3.05, 3.63) is 29.8 Å². The Bertz CT molecular complexity index is 415. The number of carbonyl (C=O) groups is 2. The number of unbranched alkanes of at least 4 members (excludes halogenated alkanes) is 1. The van der Waals surface area contributed by atoms with E-state index < -0.39 is 0 Å². The van der Waals surface area contributed by atoms with E-state index in [1.165, 1.54) is 0 Å². The van der Waals surface area contributed by atoms with Crippen molar-refractivity contribution < 1.29 is 14.3 Å². The first-order chi connectivity index (χ1) is 8.69. The highest BCUT2D eigenvalue weighted by atomic mass is 32.2. The summed E-state index contributed by atoms with van der Waals surface area (Å²) in [5.41, 5.74) is 0.473. The van der Waals surface area contributed by atoms with E-state index in [9.17, 15) is 9.59 Å². The zero-order valence-corrected chi connectivity index (χ0v) is 11.6. The number of esters is 1. The van der Waals surface area contributed by atoms with E-state index in [4.69, 9.17) is 4.74 Å². The molecule has 0 fully saturated rings. The van der Waals surface area contributed by atoms with Crippen LogP contribution < -0.4 is 0 Å². The minimum atomic E-state index is -0.351. The molecule has 3 nitrogen and oxygen atoms in total. The molecule has 0 aromatic heterocycles. The molecule has 0 radical (unpaired) electrons. The van der Waals surface area contributed by atoms with E-state index in [0.29, 0.717) is 23.5 Å².